The fraction of sp³-hybridized carbons (Fsp3) is 0.370. The van der Waals surface area contributed by atoms with Crippen LogP contribution in [0.3, 0.4) is 0 Å². The summed E-state index contributed by atoms with van der Waals surface area (Å²) in [7, 11) is 0. The number of para-hydroxylation sites is 1. The minimum atomic E-state index is -0.111. The maximum absolute atomic E-state index is 13.2. The van der Waals surface area contributed by atoms with Crippen LogP contribution in [0.1, 0.15) is 37.6 Å². The molecule has 172 valence electrons. The van der Waals surface area contributed by atoms with Crippen molar-refractivity contribution in [3.63, 3.8) is 0 Å². The van der Waals surface area contributed by atoms with Crippen molar-refractivity contribution in [3.05, 3.63) is 60.2 Å². The molecule has 1 fully saturated rings. The highest BCUT2D eigenvalue weighted by atomic mass is 16.2. The maximum atomic E-state index is 13.2. The average molecular weight is 445 g/mol. The summed E-state index contributed by atoms with van der Waals surface area (Å²) < 4.78 is 0. The molecule has 1 unspecified atom stereocenters. The van der Waals surface area contributed by atoms with Crippen molar-refractivity contribution in [2.45, 2.75) is 27.2 Å². The highest BCUT2D eigenvalue weighted by Gasteiger charge is 2.24. The smallest absolute Gasteiger partial charge is 0.252 e. The van der Waals surface area contributed by atoms with Crippen LogP contribution in [-0.4, -0.2) is 47.9 Å². The Balaban J connectivity index is 1.53. The van der Waals surface area contributed by atoms with Crippen molar-refractivity contribution in [2.24, 2.45) is 11.8 Å². The summed E-state index contributed by atoms with van der Waals surface area (Å²) in [6.45, 7) is 9.92. The predicted octanol–water partition coefficient (Wildman–Crippen LogP) is 4.57. The van der Waals surface area contributed by atoms with Gasteiger partial charge in [0.2, 0.25) is 5.91 Å². The third kappa shape index (κ3) is 5.76. The van der Waals surface area contributed by atoms with E-state index in [0.29, 0.717) is 23.9 Å². The second-order valence-corrected chi connectivity index (χ2v) is 9.35. The number of hydrogen-bond acceptors (Lipinski definition) is 4. The number of hydrogen-bond donors (Lipinski definition) is 2. The molecule has 1 aliphatic heterocycles. The van der Waals surface area contributed by atoms with Crippen LogP contribution in [0.5, 0.6) is 0 Å². The van der Waals surface area contributed by atoms with Gasteiger partial charge in [0, 0.05) is 43.2 Å². The summed E-state index contributed by atoms with van der Waals surface area (Å²) >= 11 is 0. The molecule has 4 rings (SSSR count). The third-order valence-electron chi connectivity index (χ3n) is 6.01. The molecule has 2 aromatic carbocycles. The van der Waals surface area contributed by atoms with Crippen LogP contribution < -0.4 is 10.6 Å². The summed E-state index contributed by atoms with van der Waals surface area (Å²) in [5.74, 6) is 0.973. The van der Waals surface area contributed by atoms with Gasteiger partial charge in [-0.3, -0.25) is 9.59 Å². The zero-order valence-electron chi connectivity index (χ0n) is 19.6. The van der Waals surface area contributed by atoms with Gasteiger partial charge in [-0.15, -0.1) is 0 Å². The first kappa shape index (κ1) is 22.9. The number of amides is 2. The summed E-state index contributed by atoms with van der Waals surface area (Å²) in [5.41, 5.74) is 3.78. The van der Waals surface area contributed by atoms with E-state index in [1.807, 2.05) is 54.6 Å². The summed E-state index contributed by atoms with van der Waals surface area (Å²) in [6, 6.07) is 17.1. The lowest BCUT2D eigenvalue weighted by atomic mass is 10.0. The molecule has 2 heterocycles. The molecular weight excluding hydrogens is 412 g/mol. The first-order chi connectivity index (χ1) is 15.9. The Labute approximate surface area is 195 Å². The zero-order valence-corrected chi connectivity index (χ0v) is 19.6. The van der Waals surface area contributed by atoms with Gasteiger partial charge < -0.3 is 15.5 Å². The van der Waals surface area contributed by atoms with E-state index >= 15 is 0 Å². The number of rotatable bonds is 7. The highest BCUT2D eigenvalue weighted by Crippen LogP contribution is 2.26. The van der Waals surface area contributed by atoms with Gasteiger partial charge in [0.05, 0.1) is 16.8 Å². The van der Waals surface area contributed by atoms with Crippen molar-refractivity contribution in [1.82, 2.24) is 15.2 Å². The molecule has 0 spiro atoms. The molecule has 2 amide bonds. The van der Waals surface area contributed by atoms with E-state index in [9.17, 15) is 9.59 Å². The van der Waals surface area contributed by atoms with Crippen molar-refractivity contribution in [3.8, 4) is 11.3 Å². The quantitative estimate of drug-likeness (QED) is 0.560. The number of nitrogens with zero attached hydrogens (tertiary/aromatic N) is 2. The molecule has 1 saturated heterocycles. The number of nitrogens with one attached hydrogen (secondary N) is 2. The van der Waals surface area contributed by atoms with Crippen molar-refractivity contribution < 1.29 is 9.59 Å². The molecule has 6 nitrogen and oxygen atoms in total. The number of anilines is 1. The zero-order chi connectivity index (χ0) is 23.4. The van der Waals surface area contributed by atoms with Gasteiger partial charge >= 0.3 is 0 Å². The van der Waals surface area contributed by atoms with E-state index in [4.69, 9.17) is 4.98 Å². The molecular formula is C27H32N4O2. The van der Waals surface area contributed by atoms with Crippen LogP contribution in [0.4, 0.5) is 5.69 Å². The SMILES string of the molecule is CC(=O)Nc1ccc(-c2cc(C(=O)NCC3CCN(CC(C)C)C3)c3ccccc3n2)cc1. The number of fused-ring (bicyclic) bond motifs is 1. The van der Waals surface area contributed by atoms with Gasteiger partial charge in [-0.2, -0.15) is 0 Å². The first-order valence-electron chi connectivity index (χ1n) is 11.7. The van der Waals surface area contributed by atoms with Crippen LogP contribution >= 0.6 is 0 Å². The second kappa shape index (κ2) is 10.1. The lowest BCUT2D eigenvalue weighted by Gasteiger charge is -2.18. The highest BCUT2D eigenvalue weighted by molar-refractivity contribution is 6.07. The topological polar surface area (TPSA) is 74.3 Å². The van der Waals surface area contributed by atoms with E-state index in [0.717, 1.165) is 53.9 Å². The number of pyridine rings is 1. The van der Waals surface area contributed by atoms with Crippen LogP contribution in [0.15, 0.2) is 54.6 Å². The Morgan fingerprint density at radius 3 is 2.61 bits per heavy atom. The van der Waals surface area contributed by atoms with Crippen LogP contribution in [0.2, 0.25) is 0 Å². The van der Waals surface area contributed by atoms with Gasteiger partial charge in [-0.05, 0) is 49.1 Å². The van der Waals surface area contributed by atoms with E-state index in [1.165, 1.54) is 6.92 Å². The van der Waals surface area contributed by atoms with E-state index in [1.54, 1.807) is 0 Å². The van der Waals surface area contributed by atoms with Crippen LogP contribution in [0, 0.1) is 11.8 Å². The molecule has 0 bridgehead atoms. The number of carbonyl (C=O) groups excluding carboxylic acids is 2. The molecule has 1 atom stereocenters. The van der Waals surface area contributed by atoms with Crippen molar-refractivity contribution >= 4 is 28.4 Å². The standard InChI is InChI=1S/C27H32N4O2/c1-18(2)16-31-13-12-20(17-31)15-28-27(33)24-14-26(30-25-7-5-4-6-23(24)25)21-8-10-22(11-9-21)29-19(3)32/h4-11,14,18,20H,12-13,15-17H2,1-3H3,(H,28,33)(H,29,32). The molecule has 0 aliphatic carbocycles. The largest absolute Gasteiger partial charge is 0.352 e. The van der Waals surface area contributed by atoms with Gasteiger partial charge in [0.15, 0.2) is 0 Å². The monoisotopic (exact) mass is 444 g/mol. The van der Waals surface area contributed by atoms with Gasteiger partial charge in [0.25, 0.3) is 5.91 Å². The summed E-state index contributed by atoms with van der Waals surface area (Å²) in [4.78, 5) is 31.8. The summed E-state index contributed by atoms with van der Waals surface area (Å²) in [5, 5.41) is 6.80. The fourth-order valence-corrected chi connectivity index (χ4v) is 4.53. The second-order valence-electron chi connectivity index (χ2n) is 9.35. The third-order valence-corrected chi connectivity index (χ3v) is 6.01. The number of likely N-dealkylation sites (tertiary alicyclic amines) is 1. The normalized spacial score (nSPS) is 16.3. The lowest BCUT2D eigenvalue weighted by Crippen LogP contribution is -2.32. The van der Waals surface area contributed by atoms with Crippen molar-refractivity contribution in [2.75, 3.05) is 31.5 Å². The maximum Gasteiger partial charge on any atom is 0.252 e. The Morgan fingerprint density at radius 1 is 1.12 bits per heavy atom. The van der Waals surface area contributed by atoms with E-state index < -0.39 is 0 Å². The molecule has 1 aliphatic rings. The van der Waals surface area contributed by atoms with Crippen molar-refractivity contribution in [1.29, 1.82) is 0 Å². The first-order valence-corrected chi connectivity index (χ1v) is 11.7. The van der Waals surface area contributed by atoms with Gasteiger partial charge in [-0.25, -0.2) is 4.98 Å². The molecule has 33 heavy (non-hydrogen) atoms. The molecule has 6 heteroatoms. The number of aromatic nitrogens is 1. The van der Waals surface area contributed by atoms with Gasteiger partial charge in [-0.1, -0.05) is 44.2 Å². The Kier molecular flexibility index (Phi) is 7.04. The Morgan fingerprint density at radius 2 is 1.88 bits per heavy atom. The van der Waals surface area contributed by atoms with Crippen LogP contribution in [0.25, 0.3) is 22.2 Å². The minimum Gasteiger partial charge on any atom is -0.352 e. The lowest BCUT2D eigenvalue weighted by molar-refractivity contribution is -0.114. The molecule has 0 saturated carbocycles. The van der Waals surface area contributed by atoms with E-state index in [-0.39, 0.29) is 11.8 Å². The molecule has 0 radical (unpaired) electrons. The minimum absolute atomic E-state index is 0.0629. The number of carbonyl (C=O) groups is 2. The predicted molar refractivity (Wildman–Crippen MR) is 133 cm³/mol. The van der Waals surface area contributed by atoms with E-state index in [2.05, 4.69) is 29.4 Å². The summed E-state index contributed by atoms with van der Waals surface area (Å²) in [6.07, 6.45) is 1.12. The molecule has 3 aromatic rings. The van der Waals surface area contributed by atoms with Gasteiger partial charge in [0.1, 0.15) is 0 Å². The molecule has 2 N–H and O–H groups in total. The molecule has 1 aromatic heterocycles. The average Bonchev–Trinajstić information content (AvgIpc) is 3.23. The Bertz CT molecular complexity index is 1140. The number of benzene rings is 2. The van der Waals surface area contributed by atoms with Crippen LogP contribution in [-0.2, 0) is 4.79 Å². The Hall–Kier alpha value is -3.25. The fourth-order valence-electron chi connectivity index (χ4n) is 4.53.